The zero-order chi connectivity index (χ0) is 13.5. The largest absolute Gasteiger partial charge is 0.465 e. The molecule has 100 valence electrons. The summed E-state index contributed by atoms with van der Waals surface area (Å²) in [6, 6.07) is 0. The smallest absolute Gasteiger partial charge is 0.315 e. The van der Waals surface area contributed by atoms with E-state index >= 15 is 0 Å². The van der Waals surface area contributed by atoms with Crippen molar-refractivity contribution in [2.75, 3.05) is 12.4 Å². The predicted octanol–water partition coefficient (Wildman–Crippen LogP) is 1.98. The summed E-state index contributed by atoms with van der Waals surface area (Å²) in [7, 11) is 0. The molecule has 1 unspecified atom stereocenters. The van der Waals surface area contributed by atoms with Crippen LogP contribution in [-0.4, -0.2) is 35.0 Å². The molecule has 4 nitrogen and oxygen atoms in total. The van der Waals surface area contributed by atoms with E-state index in [0.29, 0.717) is 6.61 Å². The number of ether oxygens (including phenoxy) is 1. The Bertz CT molecular complexity index is 266. The van der Waals surface area contributed by atoms with Crippen LogP contribution in [0, 0.1) is 0 Å². The molecule has 1 N–H and O–H groups in total. The minimum atomic E-state index is -0.271. The zero-order valence-corrected chi connectivity index (χ0v) is 12.1. The van der Waals surface area contributed by atoms with E-state index in [1.54, 1.807) is 13.8 Å². The number of carbonyl (C=O) groups is 2. The molecule has 0 aromatic rings. The highest BCUT2D eigenvalue weighted by molar-refractivity contribution is 8.01. The van der Waals surface area contributed by atoms with Gasteiger partial charge in [-0.1, -0.05) is 6.92 Å². The van der Waals surface area contributed by atoms with Crippen molar-refractivity contribution in [1.82, 2.24) is 5.32 Å². The van der Waals surface area contributed by atoms with Crippen LogP contribution in [0.2, 0.25) is 0 Å². The number of carbonyl (C=O) groups excluding carboxylic acids is 2. The number of hydrogen-bond donors (Lipinski definition) is 1. The van der Waals surface area contributed by atoms with Crippen LogP contribution in [0.25, 0.3) is 0 Å². The highest BCUT2D eigenvalue weighted by atomic mass is 32.2. The molecule has 0 spiro atoms. The maximum absolute atomic E-state index is 11.8. The van der Waals surface area contributed by atoms with Crippen molar-refractivity contribution in [1.29, 1.82) is 0 Å². The van der Waals surface area contributed by atoms with Gasteiger partial charge in [-0.15, -0.1) is 11.8 Å². The molecular formula is C12H23NO3S. The van der Waals surface area contributed by atoms with Crippen molar-refractivity contribution in [2.45, 2.75) is 51.8 Å². The summed E-state index contributed by atoms with van der Waals surface area (Å²) in [5.41, 5.74) is -0.199. The van der Waals surface area contributed by atoms with E-state index in [2.05, 4.69) is 5.32 Å². The SMILES string of the molecule is CCOC(=O)CSC(C)C(=O)NC(C)(C)CC. The van der Waals surface area contributed by atoms with Crippen LogP contribution in [0.15, 0.2) is 0 Å². The van der Waals surface area contributed by atoms with Crippen molar-refractivity contribution in [3.05, 3.63) is 0 Å². The molecule has 0 aromatic carbocycles. The average molecular weight is 261 g/mol. The fourth-order valence-corrected chi connectivity index (χ4v) is 1.67. The van der Waals surface area contributed by atoms with Gasteiger partial charge in [0.2, 0.25) is 5.91 Å². The van der Waals surface area contributed by atoms with Crippen LogP contribution >= 0.6 is 11.8 Å². The van der Waals surface area contributed by atoms with Gasteiger partial charge >= 0.3 is 5.97 Å². The number of hydrogen-bond acceptors (Lipinski definition) is 4. The van der Waals surface area contributed by atoms with Crippen LogP contribution < -0.4 is 5.32 Å². The van der Waals surface area contributed by atoms with Crippen LogP contribution in [0.1, 0.15) is 41.0 Å². The first-order valence-corrected chi connectivity index (χ1v) is 6.96. The summed E-state index contributed by atoms with van der Waals surface area (Å²) < 4.78 is 4.80. The monoisotopic (exact) mass is 261 g/mol. The summed E-state index contributed by atoms with van der Waals surface area (Å²) in [6.07, 6.45) is 0.869. The van der Waals surface area contributed by atoms with Crippen molar-refractivity contribution in [2.24, 2.45) is 0 Å². The standard InChI is InChI=1S/C12H23NO3S/c1-6-12(4,5)13-11(15)9(3)17-8-10(14)16-7-2/h9H,6-8H2,1-5H3,(H,13,15). The van der Waals surface area contributed by atoms with Gasteiger partial charge < -0.3 is 10.1 Å². The second-order valence-electron chi connectivity index (χ2n) is 4.48. The van der Waals surface area contributed by atoms with Gasteiger partial charge in [-0.3, -0.25) is 9.59 Å². The van der Waals surface area contributed by atoms with E-state index in [9.17, 15) is 9.59 Å². The fraction of sp³-hybridized carbons (Fsp3) is 0.833. The fourth-order valence-electron chi connectivity index (χ4n) is 0.995. The van der Waals surface area contributed by atoms with Gasteiger partial charge in [0.05, 0.1) is 17.6 Å². The second-order valence-corrected chi connectivity index (χ2v) is 5.81. The Morgan fingerprint density at radius 1 is 1.35 bits per heavy atom. The summed E-state index contributed by atoms with van der Waals surface area (Å²) in [4.78, 5) is 22.9. The molecule has 0 heterocycles. The van der Waals surface area contributed by atoms with Crippen molar-refractivity contribution >= 4 is 23.6 Å². The Morgan fingerprint density at radius 3 is 2.41 bits per heavy atom. The Kier molecular flexibility index (Phi) is 7.27. The summed E-state index contributed by atoms with van der Waals surface area (Å²) in [5, 5.41) is 2.70. The molecule has 17 heavy (non-hydrogen) atoms. The predicted molar refractivity (Wildman–Crippen MR) is 71.1 cm³/mol. The van der Waals surface area contributed by atoms with Crippen molar-refractivity contribution in [3.63, 3.8) is 0 Å². The Morgan fingerprint density at radius 2 is 1.94 bits per heavy atom. The third-order valence-corrected chi connectivity index (χ3v) is 3.59. The molecule has 1 amide bonds. The van der Waals surface area contributed by atoms with Gasteiger partial charge in [0.1, 0.15) is 0 Å². The molecule has 5 heteroatoms. The summed E-state index contributed by atoms with van der Waals surface area (Å²) >= 11 is 1.30. The Hall–Kier alpha value is -0.710. The lowest BCUT2D eigenvalue weighted by atomic mass is 10.0. The lowest BCUT2D eigenvalue weighted by Gasteiger charge is -2.26. The number of esters is 1. The van der Waals surface area contributed by atoms with E-state index in [4.69, 9.17) is 4.74 Å². The minimum Gasteiger partial charge on any atom is -0.465 e. The molecule has 0 saturated heterocycles. The third kappa shape index (κ3) is 7.26. The number of rotatable bonds is 7. The van der Waals surface area contributed by atoms with Gasteiger partial charge in [-0.25, -0.2) is 0 Å². The van der Waals surface area contributed by atoms with Crippen molar-refractivity contribution in [3.8, 4) is 0 Å². The summed E-state index contributed by atoms with van der Waals surface area (Å²) in [5.74, 6) is -0.0901. The maximum atomic E-state index is 11.8. The highest BCUT2D eigenvalue weighted by Gasteiger charge is 2.22. The first-order chi connectivity index (χ1) is 7.82. The van der Waals surface area contributed by atoms with E-state index < -0.39 is 0 Å². The Balaban J connectivity index is 4.02. The molecule has 0 bridgehead atoms. The number of thioether (sulfide) groups is 1. The first kappa shape index (κ1) is 16.3. The maximum Gasteiger partial charge on any atom is 0.315 e. The zero-order valence-electron chi connectivity index (χ0n) is 11.3. The van der Waals surface area contributed by atoms with E-state index in [0.717, 1.165) is 6.42 Å². The molecule has 0 fully saturated rings. The van der Waals surface area contributed by atoms with Crippen LogP contribution in [0.4, 0.5) is 0 Å². The van der Waals surface area contributed by atoms with Gasteiger partial charge in [-0.2, -0.15) is 0 Å². The first-order valence-electron chi connectivity index (χ1n) is 5.91. The molecule has 0 aliphatic heterocycles. The van der Waals surface area contributed by atoms with Gasteiger partial charge in [0.15, 0.2) is 0 Å². The van der Waals surface area contributed by atoms with Crippen LogP contribution in [-0.2, 0) is 14.3 Å². The molecular weight excluding hydrogens is 238 g/mol. The topological polar surface area (TPSA) is 55.4 Å². The van der Waals surface area contributed by atoms with E-state index in [1.807, 2.05) is 20.8 Å². The van der Waals surface area contributed by atoms with Crippen LogP contribution in [0.5, 0.6) is 0 Å². The lowest BCUT2D eigenvalue weighted by Crippen LogP contribution is -2.46. The molecule has 0 saturated carbocycles. The third-order valence-electron chi connectivity index (χ3n) is 2.47. The van der Waals surface area contributed by atoms with E-state index in [1.165, 1.54) is 11.8 Å². The van der Waals surface area contributed by atoms with Gasteiger partial charge in [-0.05, 0) is 34.1 Å². The Labute approximate surface area is 108 Å². The molecule has 0 aromatic heterocycles. The minimum absolute atomic E-state index is 0.0360. The average Bonchev–Trinajstić information content (AvgIpc) is 2.25. The second kappa shape index (κ2) is 7.58. The highest BCUT2D eigenvalue weighted by Crippen LogP contribution is 2.14. The molecule has 0 aliphatic carbocycles. The number of amides is 1. The summed E-state index contributed by atoms with van der Waals surface area (Å²) in [6.45, 7) is 9.92. The van der Waals surface area contributed by atoms with Crippen LogP contribution in [0.3, 0.4) is 0 Å². The van der Waals surface area contributed by atoms with Crippen molar-refractivity contribution < 1.29 is 14.3 Å². The molecule has 1 atom stereocenters. The van der Waals surface area contributed by atoms with Gasteiger partial charge in [0, 0.05) is 5.54 Å². The lowest BCUT2D eigenvalue weighted by molar-refractivity contribution is -0.139. The quantitative estimate of drug-likeness (QED) is 0.712. The molecule has 0 radical (unpaired) electrons. The normalized spacial score (nSPS) is 13.0. The van der Waals surface area contributed by atoms with Gasteiger partial charge in [0.25, 0.3) is 0 Å². The van der Waals surface area contributed by atoms with E-state index in [-0.39, 0.29) is 28.4 Å². The molecule has 0 aliphatic rings. The molecule has 0 rings (SSSR count). The number of nitrogens with one attached hydrogen (secondary N) is 1.